The number of aldehydes is 1. The third-order valence-electron chi connectivity index (χ3n) is 5.03. The topological polar surface area (TPSA) is 26.3 Å². The highest BCUT2D eigenvalue weighted by atomic mass is 16.5. The molecule has 0 heterocycles. The van der Waals surface area contributed by atoms with Gasteiger partial charge in [-0.3, -0.25) is 4.79 Å². The van der Waals surface area contributed by atoms with Gasteiger partial charge in [0.15, 0.2) is 0 Å². The number of benzene rings is 1. The van der Waals surface area contributed by atoms with E-state index in [1.807, 2.05) is 12.1 Å². The van der Waals surface area contributed by atoms with Gasteiger partial charge >= 0.3 is 0 Å². The third kappa shape index (κ3) is 13.0. The quantitative estimate of drug-likeness (QED) is 0.197. The molecule has 1 aromatic carbocycles. The molecule has 26 heavy (non-hydrogen) atoms. The van der Waals surface area contributed by atoms with Crippen LogP contribution in [0, 0.1) is 0 Å². The van der Waals surface area contributed by atoms with Crippen LogP contribution < -0.4 is 4.74 Å². The van der Waals surface area contributed by atoms with E-state index in [1.54, 1.807) is 12.1 Å². The number of hydrogen-bond acceptors (Lipinski definition) is 2. The standard InChI is InChI=1S/C24H40O2/c1-2-3-4-5-6-7-8-9-10-11-12-13-14-15-16-21-26-24-19-17-23(22-25)18-20-24/h17-20,22H,2-16,21H2,1H3. The van der Waals surface area contributed by atoms with Gasteiger partial charge in [0, 0.05) is 5.56 Å². The maximum absolute atomic E-state index is 10.6. The van der Waals surface area contributed by atoms with Gasteiger partial charge in [0.1, 0.15) is 12.0 Å². The summed E-state index contributed by atoms with van der Waals surface area (Å²) in [5, 5.41) is 0. The Kier molecular flexibility index (Phi) is 15.0. The Bertz CT molecular complexity index is 424. The van der Waals surface area contributed by atoms with Crippen LogP contribution in [0.2, 0.25) is 0 Å². The van der Waals surface area contributed by atoms with Crippen molar-refractivity contribution in [2.45, 2.75) is 103 Å². The van der Waals surface area contributed by atoms with Gasteiger partial charge in [-0.05, 0) is 30.7 Å². The Morgan fingerprint density at radius 1 is 0.654 bits per heavy atom. The number of carbonyl (C=O) groups is 1. The van der Waals surface area contributed by atoms with E-state index in [2.05, 4.69) is 6.92 Å². The average molecular weight is 361 g/mol. The summed E-state index contributed by atoms with van der Waals surface area (Å²) in [6, 6.07) is 7.34. The first-order valence-corrected chi connectivity index (χ1v) is 11.0. The molecular formula is C24H40O2. The summed E-state index contributed by atoms with van der Waals surface area (Å²) in [7, 11) is 0. The minimum atomic E-state index is 0.698. The fourth-order valence-corrected chi connectivity index (χ4v) is 3.31. The molecule has 0 fully saturated rings. The Labute approximate surface area is 161 Å². The fraction of sp³-hybridized carbons (Fsp3) is 0.708. The fourth-order valence-electron chi connectivity index (χ4n) is 3.31. The summed E-state index contributed by atoms with van der Waals surface area (Å²) < 4.78 is 5.70. The number of hydrogen-bond donors (Lipinski definition) is 0. The SMILES string of the molecule is CCCCCCCCCCCCCCCCCOc1ccc(C=O)cc1. The summed E-state index contributed by atoms with van der Waals surface area (Å²) >= 11 is 0. The molecule has 0 saturated carbocycles. The maximum atomic E-state index is 10.6. The van der Waals surface area contributed by atoms with Gasteiger partial charge in [0.05, 0.1) is 6.61 Å². The molecular weight excluding hydrogens is 320 g/mol. The van der Waals surface area contributed by atoms with E-state index >= 15 is 0 Å². The zero-order chi connectivity index (χ0) is 18.7. The Balaban J connectivity index is 1.77. The average Bonchev–Trinajstić information content (AvgIpc) is 2.68. The molecule has 148 valence electrons. The second-order valence-electron chi connectivity index (χ2n) is 7.49. The van der Waals surface area contributed by atoms with Crippen molar-refractivity contribution < 1.29 is 9.53 Å². The predicted octanol–water partition coefficient (Wildman–Crippen LogP) is 7.75. The second-order valence-corrected chi connectivity index (χ2v) is 7.49. The molecule has 2 heteroatoms. The first kappa shape index (κ1) is 22.7. The van der Waals surface area contributed by atoms with Crippen molar-refractivity contribution in [3.05, 3.63) is 29.8 Å². The van der Waals surface area contributed by atoms with Gasteiger partial charge < -0.3 is 4.74 Å². The monoisotopic (exact) mass is 360 g/mol. The summed E-state index contributed by atoms with van der Waals surface area (Å²) in [6.07, 6.45) is 21.6. The molecule has 0 aliphatic heterocycles. The Morgan fingerprint density at radius 2 is 1.08 bits per heavy atom. The van der Waals surface area contributed by atoms with E-state index in [0.29, 0.717) is 5.56 Å². The van der Waals surface area contributed by atoms with Crippen LogP contribution in [0.4, 0.5) is 0 Å². The summed E-state index contributed by atoms with van der Waals surface area (Å²) in [6.45, 7) is 3.06. The molecule has 0 N–H and O–H groups in total. The van der Waals surface area contributed by atoms with Crippen LogP contribution in [-0.4, -0.2) is 12.9 Å². The van der Waals surface area contributed by atoms with Crippen molar-refractivity contribution in [2.24, 2.45) is 0 Å². The van der Waals surface area contributed by atoms with Crippen LogP contribution in [0.25, 0.3) is 0 Å². The highest BCUT2D eigenvalue weighted by molar-refractivity contribution is 5.74. The van der Waals surface area contributed by atoms with Crippen molar-refractivity contribution in [1.82, 2.24) is 0 Å². The van der Waals surface area contributed by atoms with Gasteiger partial charge in [0.2, 0.25) is 0 Å². The van der Waals surface area contributed by atoms with Crippen LogP contribution in [0.15, 0.2) is 24.3 Å². The van der Waals surface area contributed by atoms with Gasteiger partial charge in [-0.1, -0.05) is 96.8 Å². The predicted molar refractivity (Wildman–Crippen MR) is 112 cm³/mol. The van der Waals surface area contributed by atoms with Crippen molar-refractivity contribution >= 4 is 6.29 Å². The van der Waals surface area contributed by atoms with Crippen molar-refractivity contribution in [3.63, 3.8) is 0 Å². The number of unbranched alkanes of at least 4 members (excludes halogenated alkanes) is 14. The lowest BCUT2D eigenvalue weighted by Crippen LogP contribution is -1.97. The minimum absolute atomic E-state index is 0.698. The van der Waals surface area contributed by atoms with Crippen LogP contribution in [0.5, 0.6) is 5.75 Å². The molecule has 1 aromatic rings. The summed E-state index contributed by atoms with van der Waals surface area (Å²) in [5.41, 5.74) is 0.698. The lowest BCUT2D eigenvalue weighted by atomic mass is 10.0. The maximum Gasteiger partial charge on any atom is 0.150 e. The zero-order valence-electron chi connectivity index (χ0n) is 17.0. The molecule has 0 radical (unpaired) electrons. The third-order valence-corrected chi connectivity index (χ3v) is 5.03. The minimum Gasteiger partial charge on any atom is -0.494 e. The zero-order valence-corrected chi connectivity index (χ0v) is 17.0. The molecule has 0 aliphatic carbocycles. The van der Waals surface area contributed by atoms with Crippen LogP contribution in [0.1, 0.15) is 114 Å². The van der Waals surface area contributed by atoms with E-state index in [-0.39, 0.29) is 0 Å². The van der Waals surface area contributed by atoms with Crippen LogP contribution >= 0.6 is 0 Å². The van der Waals surface area contributed by atoms with Gasteiger partial charge in [0.25, 0.3) is 0 Å². The van der Waals surface area contributed by atoms with E-state index < -0.39 is 0 Å². The van der Waals surface area contributed by atoms with Gasteiger partial charge in [-0.25, -0.2) is 0 Å². The molecule has 2 nitrogen and oxygen atoms in total. The van der Waals surface area contributed by atoms with E-state index in [9.17, 15) is 4.79 Å². The normalized spacial score (nSPS) is 10.8. The highest BCUT2D eigenvalue weighted by Crippen LogP contribution is 2.14. The summed E-state index contributed by atoms with van der Waals surface area (Å²) in [4.78, 5) is 10.6. The molecule has 0 atom stereocenters. The van der Waals surface area contributed by atoms with Crippen molar-refractivity contribution in [3.8, 4) is 5.75 Å². The Hall–Kier alpha value is -1.31. The first-order valence-electron chi connectivity index (χ1n) is 11.0. The molecule has 0 aromatic heterocycles. The highest BCUT2D eigenvalue weighted by Gasteiger charge is 1.96. The molecule has 0 amide bonds. The second kappa shape index (κ2) is 17.1. The smallest absolute Gasteiger partial charge is 0.150 e. The van der Waals surface area contributed by atoms with Gasteiger partial charge in [-0.2, -0.15) is 0 Å². The summed E-state index contributed by atoms with van der Waals surface area (Å²) in [5.74, 6) is 0.862. The van der Waals surface area contributed by atoms with Gasteiger partial charge in [-0.15, -0.1) is 0 Å². The van der Waals surface area contributed by atoms with Crippen molar-refractivity contribution in [2.75, 3.05) is 6.61 Å². The molecule has 0 bridgehead atoms. The Morgan fingerprint density at radius 3 is 1.50 bits per heavy atom. The molecule has 0 spiro atoms. The lowest BCUT2D eigenvalue weighted by molar-refractivity contribution is 0.112. The number of carbonyl (C=O) groups excluding carboxylic acids is 1. The van der Waals surface area contributed by atoms with E-state index in [4.69, 9.17) is 4.74 Å². The first-order chi connectivity index (χ1) is 12.9. The van der Waals surface area contributed by atoms with Crippen LogP contribution in [-0.2, 0) is 0 Å². The molecule has 0 saturated heterocycles. The largest absolute Gasteiger partial charge is 0.494 e. The lowest BCUT2D eigenvalue weighted by Gasteiger charge is -2.06. The molecule has 0 unspecified atom stereocenters. The van der Waals surface area contributed by atoms with Crippen LogP contribution in [0.3, 0.4) is 0 Å². The number of rotatable bonds is 18. The van der Waals surface area contributed by atoms with E-state index in [1.165, 1.54) is 89.9 Å². The van der Waals surface area contributed by atoms with Crippen molar-refractivity contribution in [1.29, 1.82) is 0 Å². The molecule has 1 rings (SSSR count). The van der Waals surface area contributed by atoms with E-state index in [0.717, 1.165) is 25.1 Å². The number of ether oxygens (including phenoxy) is 1. The molecule has 0 aliphatic rings.